The second kappa shape index (κ2) is 8.77. The third-order valence-corrected chi connectivity index (χ3v) is 5.64. The van der Waals surface area contributed by atoms with Crippen molar-refractivity contribution >= 4 is 35.0 Å². The van der Waals surface area contributed by atoms with E-state index in [2.05, 4.69) is 15.5 Å². The van der Waals surface area contributed by atoms with Gasteiger partial charge in [-0.25, -0.2) is 0 Å². The van der Waals surface area contributed by atoms with Gasteiger partial charge in [-0.05, 0) is 67.4 Å². The van der Waals surface area contributed by atoms with Crippen LogP contribution in [0, 0.1) is 13.8 Å². The third kappa shape index (κ3) is 4.42. The number of carbonyl (C=O) groups is 1. The van der Waals surface area contributed by atoms with Crippen LogP contribution in [0.25, 0.3) is 17.3 Å². The van der Waals surface area contributed by atoms with E-state index in [-0.39, 0.29) is 11.7 Å². The van der Waals surface area contributed by atoms with Crippen molar-refractivity contribution in [2.45, 2.75) is 19.0 Å². The van der Waals surface area contributed by atoms with Crippen LogP contribution in [-0.4, -0.2) is 26.4 Å². The van der Waals surface area contributed by atoms with Gasteiger partial charge < -0.3 is 9.73 Å². The largest absolute Gasteiger partial charge is 0.461 e. The molecule has 0 radical (unpaired) electrons. The fraction of sp³-hybridized carbons (Fsp3) is 0.136. The monoisotopic (exact) mass is 438 g/mol. The second-order valence-electron chi connectivity index (χ2n) is 6.75. The molecule has 0 fully saturated rings. The molecule has 2 heterocycles. The molecule has 0 bridgehead atoms. The van der Waals surface area contributed by atoms with Crippen molar-refractivity contribution in [3.8, 4) is 17.3 Å². The normalized spacial score (nSPS) is 10.9. The third-order valence-electron chi connectivity index (χ3n) is 4.46. The van der Waals surface area contributed by atoms with E-state index >= 15 is 0 Å². The molecule has 6 nitrogen and oxygen atoms in total. The number of rotatable bonds is 6. The standard InChI is InChI=1S/C22H19ClN4O2S/c1-14-5-6-15(2)18(12-14)24-20(28)13-30-22-26-25-21(19-4-3-11-29-19)27(22)17-9-7-16(23)8-10-17/h3-12H,13H2,1-2H3,(H,24,28). The van der Waals surface area contributed by atoms with Crippen molar-refractivity contribution in [3.63, 3.8) is 0 Å². The van der Waals surface area contributed by atoms with Gasteiger partial charge in [-0.15, -0.1) is 10.2 Å². The zero-order valence-electron chi connectivity index (χ0n) is 16.4. The van der Waals surface area contributed by atoms with Crippen LogP contribution in [0.1, 0.15) is 11.1 Å². The maximum Gasteiger partial charge on any atom is 0.234 e. The van der Waals surface area contributed by atoms with E-state index in [1.54, 1.807) is 24.5 Å². The minimum atomic E-state index is -0.112. The molecule has 0 atom stereocenters. The first kappa shape index (κ1) is 20.3. The first-order valence-electron chi connectivity index (χ1n) is 9.26. The number of hydrogen-bond acceptors (Lipinski definition) is 5. The zero-order valence-corrected chi connectivity index (χ0v) is 18.0. The van der Waals surface area contributed by atoms with Crippen molar-refractivity contribution in [1.29, 1.82) is 0 Å². The Kier molecular flexibility index (Phi) is 5.92. The number of nitrogens with one attached hydrogen (secondary N) is 1. The lowest BCUT2D eigenvalue weighted by molar-refractivity contribution is -0.113. The van der Waals surface area contributed by atoms with Gasteiger partial charge in [-0.1, -0.05) is 35.5 Å². The molecule has 0 aliphatic heterocycles. The van der Waals surface area contributed by atoms with E-state index in [1.165, 1.54) is 11.8 Å². The Morgan fingerprint density at radius 2 is 1.93 bits per heavy atom. The van der Waals surface area contributed by atoms with Crippen LogP contribution >= 0.6 is 23.4 Å². The molecular formula is C22H19ClN4O2S. The molecule has 4 aromatic rings. The summed E-state index contributed by atoms with van der Waals surface area (Å²) in [7, 11) is 0. The van der Waals surface area contributed by atoms with Crippen LogP contribution in [0.2, 0.25) is 5.02 Å². The minimum absolute atomic E-state index is 0.112. The van der Waals surface area contributed by atoms with Gasteiger partial charge in [0.05, 0.1) is 12.0 Å². The quantitative estimate of drug-likeness (QED) is 0.401. The molecule has 0 unspecified atom stereocenters. The van der Waals surface area contributed by atoms with E-state index in [9.17, 15) is 4.79 Å². The van der Waals surface area contributed by atoms with E-state index in [4.69, 9.17) is 16.0 Å². The molecule has 0 spiro atoms. The van der Waals surface area contributed by atoms with E-state index in [1.807, 2.05) is 54.8 Å². The Balaban J connectivity index is 1.57. The number of hydrogen-bond donors (Lipinski definition) is 1. The molecule has 0 saturated carbocycles. The van der Waals surface area contributed by atoms with Gasteiger partial charge in [-0.2, -0.15) is 0 Å². The zero-order chi connectivity index (χ0) is 21.1. The van der Waals surface area contributed by atoms with Gasteiger partial charge in [0, 0.05) is 16.4 Å². The Morgan fingerprint density at radius 1 is 1.13 bits per heavy atom. The number of anilines is 1. The summed E-state index contributed by atoms with van der Waals surface area (Å²) >= 11 is 7.34. The molecule has 8 heteroatoms. The van der Waals surface area contributed by atoms with Crippen LogP contribution in [0.3, 0.4) is 0 Å². The summed E-state index contributed by atoms with van der Waals surface area (Å²) in [6.45, 7) is 3.96. The summed E-state index contributed by atoms with van der Waals surface area (Å²) < 4.78 is 7.36. The number of aryl methyl sites for hydroxylation is 2. The molecule has 0 aliphatic rings. The smallest absolute Gasteiger partial charge is 0.234 e. The first-order chi connectivity index (χ1) is 14.5. The van der Waals surface area contributed by atoms with Gasteiger partial charge in [0.2, 0.25) is 11.7 Å². The predicted octanol–water partition coefficient (Wildman–Crippen LogP) is 5.53. The number of benzene rings is 2. The van der Waals surface area contributed by atoms with Crippen LogP contribution in [0.5, 0.6) is 0 Å². The maximum absolute atomic E-state index is 12.6. The molecule has 2 aromatic heterocycles. The van der Waals surface area contributed by atoms with Crippen LogP contribution in [0.15, 0.2) is 70.4 Å². The lowest BCUT2D eigenvalue weighted by Gasteiger charge is -2.11. The minimum Gasteiger partial charge on any atom is -0.461 e. The summed E-state index contributed by atoms with van der Waals surface area (Å²) in [6.07, 6.45) is 1.58. The Hall–Kier alpha value is -3.03. The highest BCUT2D eigenvalue weighted by Crippen LogP contribution is 2.29. The summed E-state index contributed by atoms with van der Waals surface area (Å²) in [5, 5.41) is 12.7. The number of nitrogens with zero attached hydrogens (tertiary/aromatic N) is 3. The summed E-state index contributed by atoms with van der Waals surface area (Å²) in [5.41, 5.74) is 3.75. The van der Waals surface area contributed by atoms with Crippen molar-refractivity contribution in [3.05, 3.63) is 77.0 Å². The first-order valence-corrected chi connectivity index (χ1v) is 10.6. The second-order valence-corrected chi connectivity index (χ2v) is 8.13. The highest BCUT2D eigenvalue weighted by molar-refractivity contribution is 7.99. The average Bonchev–Trinajstić information content (AvgIpc) is 3.39. The molecule has 0 saturated heterocycles. The number of carbonyl (C=O) groups excluding carboxylic acids is 1. The van der Waals surface area contributed by atoms with Gasteiger partial charge in [0.25, 0.3) is 0 Å². The molecule has 2 aromatic carbocycles. The number of thioether (sulfide) groups is 1. The van der Waals surface area contributed by atoms with Gasteiger partial charge in [0.1, 0.15) is 0 Å². The number of amides is 1. The molecule has 1 amide bonds. The van der Waals surface area contributed by atoms with E-state index in [0.29, 0.717) is 21.8 Å². The van der Waals surface area contributed by atoms with E-state index in [0.717, 1.165) is 22.5 Å². The molecule has 152 valence electrons. The molecule has 30 heavy (non-hydrogen) atoms. The molecule has 4 rings (SSSR count). The van der Waals surface area contributed by atoms with E-state index < -0.39 is 0 Å². The number of halogens is 1. The Bertz CT molecular complexity index is 1170. The van der Waals surface area contributed by atoms with Crippen molar-refractivity contribution in [2.24, 2.45) is 0 Å². The maximum atomic E-state index is 12.6. The molecule has 1 N–H and O–H groups in total. The van der Waals surface area contributed by atoms with Gasteiger partial charge in [0.15, 0.2) is 10.9 Å². The van der Waals surface area contributed by atoms with Crippen LogP contribution in [-0.2, 0) is 4.79 Å². The van der Waals surface area contributed by atoms with Crippen molar-refractivity contribution in [2.75, 3.05) is 11.1 Å². The highest BCUT2D eigenvalue weighted by atomic mass is 35.5. The van der Waals surface area contributed by atoms with Crippen LogP contribution in [0.4, 0.5) is 5.69 Å². The molecular weight excluding hydrogens is 420 g/mol. The predicted molar refractivity (Wildman–Crippen MR) is 119 cm³/mol. The fourth-order valence-corrected chi connectivity index (χ4v) is 3.82. The average molecular weight is 439 g/mol. The van der Waals surface area contributed by atoms with Gasteiger partial charge >= 0.3 is 0 Å². The SMILES string of the molecule is Cc1ccc(C)c(NC(=O)CSc2nnc(-c3ccco3)n2-c2ccc(Cl)cc2)c1. The Morgan fingerprint density at radius 3 is 2.67 bits per heavy atom. The topological polar surface area (TPSA) is 73.0 Å². The highest BCUT2D eigenvalue weighted by Gasteiger charge is 2.19. The van der Waals surface area contributed by atoms with Crippen LogP contribution < -0.4 is 5.32 Å². The van der Waals surface area contributed by atoms with Crippen molar-refractivity contribution in [1.82, 2.24) is 14.8 Å². The molecule has 0 aliphatic carbocycles. The summed E-state index contributed by atoms with van der Waals surface area (Å²) in [4.78, 5) is 12.6. The number of furan rings is 1. The van der Waals surface area contributed by atoms with Gasteiger partial charge in [-0.3, -0.25) is 9.36 Å². The summed E-state index contributed by atoms with van der Waals surface area (Å²) in [5.74, 6) is 1.22. The summed E-state index contributed by atoms with van der Waals surface area (Å²) in [6, 6.07) is 16.9. The van der Waals surface area contributed by atoms with Crippen molar-refractivity contribution < 1.29 is 9.21 Å². The number of aromatic nitrogens is 3. The fourth-order valence-electron chi connectivity index (χ4n) is 2.94. The lowest BCUT2D eigenvalue weighted by Crippen LogP contribution is -2.15. The Labute approximate surface area is 183 Å². The lowest BCUT2D eigenvalue weighted by atomic mass is 10.1.